The van der Waals surface area contributed by atoms with E-state index in [1.54, 1.807) is 0 Å². The molecule has 1 aromatic rings. The van der Waals surface area contributed by atoms with Crippen LogP contribution in [-0.2, 0) is 6.54 Å². The zero-order chi connectivity index (χ0) is 12.0. The molecule has 0 atom stereocenters. The van der Waals surface area contributed by atoms with Gasteiger partial charge in [0.15, 0.2) is 0 Å². The summed E-state index contributed by atoms with van der Waals surface area (Å²) in [6, 6.07) is 6.14. The molecule has 0 aromatic heterocycles. The Balaban J connectivity index is 0. The third kappa shape index (κ3) is 6.83. The summed E-state index contributed by atoms with van der Waals surface area (Å²) in [5.41, 5.74) is 8.11. The zero-order valence-corrected chi connectivity index (χ0v) is 14.2. The van der Waals surface area contributed by atoms with Crippen molar-refractivity contribution in [1.82, 2.24) is 4.90 Å². The standard InChI is InChI=1S/C13H21BrN2.2ClH/c1-3-7-16(8-4-2)10-11-5-6-12(14)9-13(11)15;;/h5-6,9H,3-4,7-8,10,15H2,1-2H3;2*1H. The van der Waals surface area contributed by atoms with Crippen molar-refractivity contribution in [2.24, 2.45) is 0 Å². The molecule has 1 aromatic carbocycles. The van der Waals surface area contributed by atoms with Crippen LogP contribution < -0.4 is 5.73 Å². The largest absolute Gasteiger partial charge is 0.398 e. The number of rotatable bonds is 6. The first-order valence-electron chi connectivity index (χ1n) is 5.93. The molecule has 0 heterocycles. The molecule has 0 bridgehead atoms. The minimum atomic E-state index is 0. The molecule has 0 unspecified atom stereocenters. The van der Waals surface area contributed by atoms with Crippen molar-refractivity contribution in [2.45, 2.75) is 33.2 Å². The average molecular weight is 358 g/mol. The molecular weight excluding hydrogens is 335 g/mol. The van der Waals surface area contributed by atoms with Crippen LogP contribution in [0.15, 0.2) is 22.7 Å². The SMILES string of the molecule is CCCN(CCC)Cc1ccc(Br)cc1N.Cl.Cl. The molecule has 2 nitrogen and oxygen atoms in total. The maximum Gasteiger partial charge on any atom is 0.0371 e. The van der Waals surface area contributed by atoms with Crippen LogP contribution in [0.4, 0.5) is 5.69 Å². The lowest BCUT2D eigenvalue weighted by atomic mass is 10.1. The van der Waals surface area contributed by atoms with Gasteiger partial charge in [0.2, 0.25) is 0 Å². The smallest absolute Gasteiger partial charge is 0.0371 e. The molecule has 0 saturated carbocycles. The van der Waals surface area contributed by atoms with Gasteiger partial charge in [-0.2, -0.15) is 0 Å². The normalized spacial score (nSPS) is 9.78. The van der Waals surface area contributed by atoms with E-state index < -0.39 is 0 Å². The van der Waals surface area contributed by atoms with Gasteiger partial charge in [0, 0.05) is 16.7 Å². The predicted molar refractivity (Wildman–Crippen MR) is 88.9 cm³/mol. The molecular formula is C13H23BrCl2N2. The summed E-state index contributed by atoms with van der Waals surface area (Å²) in [5, 5.41) is 0. The van der Waals surface area contributed by atoms with Gasteiger partial charge in [-0.3, -0.25) is 4.90 Å². The summed E-state index contributed by atoms with van der Waals surface area (Å²) in [7, 11) is 0. The molecule has 0 spiro atoms. The first-order chi connectivity index (χ1) is 7.67. The molecule has 5 heteroatoms. The fourth-order valence-corrected chi connectivity index (χ4v) is 2.23. The van der Waals surface area contributed by atoms with Crippen LogP contribution in [0, 0.1) is 0 Å². The first kappa shape index (κ1) is 20.4. The van der Waals surface area contributed by atoms with E-state index in [2.05, 4.69) is 46.8 Å². The van der Waals surface area contributed by atoms with E-state index in [0.717, 1.165) is 29.8 Å². The number of hydrogen-bond donors (Lipinski definition) is 1. The van der Waals surface area contributed by atoms with Crippen molar-refractivity contribution < 1.29 is 0 Å². The van der Waals surface area contributed by atoms with E-state index in [0.29, 0.717) is 0 Å². The van der Waals surface area contributed by atoms with Gasteiger partial charge in [-0.25, -0.2) is 0 Å². The molecule has 0 aliphatic carbocycles. The second kappa shape index (κ2) is 10.9. The van der Waals surface area contributed by atoms with Crippen LogP contribution in [0.25, 0.3) is 0 Å². The predicted octanol–water partition coefficient (Wildman–Crippen LogP) is 4.50. The van der Waals surface area contributed by atoms with Crippen LogP contribution in [-0.4, -0.2) is 18.0 Å². The van der Waals surface area contributed by atoms with Gasteiger partial charge in [-0.05, 0) is 43.6 Å². The Morgan fingerprint density at radius 2 is 1.67 bits per heavy atom. The highest BCUT2D eigenvalue weighted by Crippen LogP contribution is 2.20. The quantitative estimate of drug-likeness (QED) is 0.759. The summed E-state index contributed by atoms with van der Waals surface area (Å²) in [5.74, 6) is 0. The summed E-state index contributed by atoms with van der Waals surface area (Å²) in [6.07, 6.45) is 2.38. The van der Waals surface area contributed by atoms with Crippen molar-refractivity contribution in [2.75, 3.05) is 18.8 Å². The van der Waals surface area contributed by atoms with Gasteiger partial charge >= 0.3 is 0 Å². The van der Waals surface area contributed by atoms with E-state index in [4.69, 9.17) is 5.73 Å². The number of nitrogen functional groups attached to an aromatic ring is 1. The topological polar surface area (TPSA) is 29.3 Å². The monoisotopic (exact) mass is 356 g/mol. The van der Waals surface area contributed by atoms with Gasteiger partial charge in [0.1, 0.15) is 0 Å². The molecule has 0 aliphatic rings. The summed E-state index contributed by atoms with van der Waals surface area (Å²) >= 11 is 3.43. The number of halogens is 3. The Morgan fingerprint density at radius 3 is 2.11 bits per heavy atom. The van der Waals surface area contributed by atoms with E-state index in [1.807, 2.05) is 6.07 Å². The van der Waals surface area contributed by atoms with Gasteiger partial charge in [0.25, 0.3) is 0 Å². The summed E-state index contributed by atoms with van der Waals surface area (Å²) < 4.78 is 1.05. The highest BCUT2D eigenvalue weighted by molar-refractivity contribution is 9.10. The molecule has 0 radical (unpaired) electrons. The maximum absolute atomic E-state index is 6.01. The lowest BCUT2D eigenvalue weighted by Crippen LogP contribution is -2.25. The fourth-order valence-electron chi connectivity index (χ4n) is 1.85. The zero-order valence-electron chi connectivity index (χ0n) is 11.0. The van der Waals surface area contributed by atoms with Crippen molar-refractivity contribution in [1.29, 1.82) is 0 Å². The lowest BCUT2D eigenvalue weighted by molar-refractivity contribution is 0.267. The molecule has 0 aliphatic heterocycles. The molecule has 18 heavy (non-hydrogen) atoms. The van der Waals surface area contributed by atoms with Crippen LogP contribution in [0.5, 0.6) is 0 Å². The van der Waals surface area contributed by atoms with Crippen molar-refractivity contribution in [3.05, 3.63) is 28.2 Å². The fraction of sp³-hybridized carbons (Fsp3) is 0.538. The molecule has 0 fully saturated rings. The summed E-state index contributed by atoms with van der Waals surface area (Å²) in [6.45, 7) is 7.68. The van der Waals surface area contributed by atoms with E-state index >= 15 is 0 Å². The highest BCUT2D eigenvalue weighted by Gasteiger charge is 2.06. The number of nitrogens with two attached hydrogens (primary N) is 1. The van der Waals surface area contributed by atoms with Crippen molar-refractivity contribution in [3.63, 3.8) is 0 Å². The third-order valence-corrected chi connectivity index (χ3v) is 3.07. The summed E-state index contributed by atoms with van der Waals surface area (Å²) in [4.78, 5) is 2.46. The Bertz CT molecular complexity index is 329. The molecule has 1 rings (SSSR count). The van der Waals surface area contributed by atoms with Crippen molar-refractivity contribution >= 4 is 46.4 Å². The first-order valence-corrected chi connectivity index (χ1v) is 6.73. The molecule has 0 saturated heterocycles. The number of benzene rings is 1. The Kier molecular flexibility index (Phi) is 12.3. The van der Waals surface area contributed by atoms with Crippen LogP contribution in [0.2, 0.25) is 0 Å². The molecule has 2 N–H and O–H groups in total. The van der Waals surface area contributed by atoms with Crippen LogP contribution >= 0.6 is 40.7 Å². The minimum absolute atomic E-state index is 0. The van der Waals surface area contributed by atoms with Crippen LogP contribution in [0.3, 0.4) is 0 Å². The number of nitrogens with zero attached hydrogens (tertiary/aromatic N) is 1. The van der Waals surface area contributed by atoms with E-state index in [1.165, 1.54) is 18.4 Å². The Hall–Kier alpha value is 0.0400. The highest BCUT2D eigenvalue weighted by atomic mass is 79.9. The van der Waals surface area contributed by atoms with Gasteiger partial charge in [-0.15, -0.1) is 24.8 Å². The van der Waals surface area contributed by atoms with Crippen molar-refractivity contribution in [3.8, 4) is 0 Å². The lowest BCUT2D eigenvalue weighted by Gasteiger charge is -2.21. The van der Waals surface area contributed by atoms with E-state index in [9.17, 15) is 0 Å². The van der Waals surface area contributed by atoms with E-state index in [-0.39, 0.29) is 24.8 Å². The second-order valence-corrected chi connectivity index (χ2v) is 5.03. The molecule has 0 amide bonds. The maximum atomic E-state index is 6.01. The number of anilines is 1. The van der Waals surface area contributed by atoms with Gasteiger partial charge < -0.3 is 5.73 Å². The minimum Gasteiger partial charge on any atom is -0.398 e. The molecule has 106 valence electrons. The third-order valence-electron chi connectivity index (χ3n) is 2.58. The van der Waals surface area contributed by atoms with Crippen LogP contribution in [0.1, 0.15) is 32.3 Å². The van der Waals surface area contributed by atoms with Gasteiger partial charge in [0.05, 0.1) is 0 Å². The average Bonchev–Trinajstić information content (AvgIpc) is 2.23. The number of hydrogen-bond acceptors (Lipinski definition) is 2. The Labute approximate surface area is 131 Å². The second-order valence-electron chi connectivity index (χ2n) is 4.12. The Morgan fingerprint density at radius 1 is 1.11 bits per heavy atom. The van der Waals surface area contributed by atoms with Gasteiger partial charge in [-0.1, -0.05) is 35.8 Å².